The molecule has 34 heavy (non-hydrogen) atoms. The maximum absolute atomic E-state index is 13.7. The zero-order valence-electron chi connectivity index (χ0n) is 18.1. The third-order valence-corrected chi connectivity index (χ3v) is 6.36. The van der Waals surface area contributed by atoms with E-state index in [-0.39, 0.29) is 23.6 Å². The average molecular weight is 539 g/mol. The number of nitrogens with one attached hydrogen (secondary N) is 1. The number of fused-ring (bicyclic) bond motifs is 1. The van der Waals surface area contributed by atoms with Gasteiger partial charge in [-0.2, -0.15) is 23.4 Å². The van der Waals surface area contributed by atoms with Gasteiger partial charge in [0, 0.05) is 30.4 Å². The second kappa shape index (κ2) is 9.16. The van der Waals surface area contributed by atoms with E-state index in [4.69, 9.17) is 0 Å². The summed E-state index contributed by atoms with van der Waals surface area (Å²) in [6.45, 7) is 4.64. The number of carbonyl (C=O) groups excluding carboxylic acids is 1. The lowest BCUT2D eigenvalue weighted by molar-refractivity contribution is -0.142. The van der Waals surface area contributed by atoms with E-state index in [0.717, 1.165) is 34.1 Å². The van der Waals surface area contributed by atoms with E-state index in [1.807, 2.05) is 18.5 Å². The molecule has 0 fully saturated rings. The first-order valence-electron chi connectivity index (χ1n) is 10.3. The maximum atomic E-state index is 13.7. The van der Waals surface area contributed by atoms with Gasteiger partial charge in [-0.05, 0) is 66.5 Å². The molecule has 0 spiro atoms. The standard InChI is InChI=1S/C22H19BrF4N6O/c1-12-20(23)13(2)32(30-12)9-3-8-28-21(34)17-11-19-29-16(14-4-6-15(24)7-5-14)10-18(22(25,26)27)33(19)31-17/h4-7,10-11H,3,8-9H2,1-2H3,(H,28,34). The topological polar surface area (TPSA) is 77.1 Å². The van der Waals surface area contributed by atoms with Gasteiger partial charge in [-0.25, -0.2) is 13.9 Å². The molecular weight excluding hydrogens is 520 g/mol. The number of aryl methyl sites for hydroxylation is 2. The van der Waals surface area contributed by atoms with Gasteiger partial charge in [-0.1, -0.05) is 0 Å². The highest BCUT2D eigenvalue weighted by atomic mass is 79.9. The highest BCUT2D eigenvalue weighted by molar-refractivity contribution is 9.10. The van der Waals surface area contributed by atoms with Crippen molar-refractivity contribution >= 4 is 27.5 Å². The largest absolute Gasteiger partial charge is 0.433 e. The number of alkyl halides is 3. The predicted octanol–water partition coefficient (Wildman–Crippen LogP) is 4.95. The van der Waals surface area contributed by atoms with Crippen LogP contribution in [-0.2, 0) is 12.7 Å². The first-order valence-corrected chi connectivity index (χ1v) is 11.1. The molecule has 4 aromatic rings. The van der Waals surface area contributed by atoms with Gasteiger partial charge in [0.2, 0.25) is 0 Å². The number of carbonyl (C=O) groups is 1. The van der Waals surface area contributed by atoms with Crippen molar-refractivity contribution in [3.63, 3.8) is 0 Å². The molecule has 0 aliphatic rings. The summed E-state index contributed by atoms with van der Waals surface area (Å²) in [5.74, 6) is -1.13. The second-order valence-corrected chi connectivity index (χ2v) is 8.44. The van der Waals surface area contributed by atoms with E-state index in [1.165, 1.54) is 18.2 Å². The lowest BCUT2D eigenvalue weighted by Gasteiger charge is -2.11. The van der Waals surface area contributed by atoms with E-state index in [1.54, 1.807) is 0 Å². The Labute approximate surface area is 199 Å². The Hall–Kier alpha value is -3.28. The van der Waals surface area contributed by atoms with Gasteiger partial charge in [0.15, 0.2) is 17.0 Å². The summed E-state index contributed by atoms with van der Waals surface area (Å²) in [5.41, 5.74) is 0.687. The molecule has 0 saturated carbocycles. The number of halogens is 5. The lowest BCUT2D eigenvalue weighted by Crippen LogP contribution is -2.26. The molecule has 0 aliphatic heterocycles. The smallest absolute Gasteiger partial charge is 0.351 e. The van der Waals surface area contributed by atoms with Crippen LogP contribution >= 0.6 is 15.9 Å². The van der Waals surface area contributed by atoms with Crippen molar-refractivity contribution in [2.75, 3.05) is 6.54 Å². The Balaban J connectivity index is 1.54. The fourth-order valence-corrected chi connectivity index (χ4v) is 3.75. The Kier molecular flexibility index (Phi) is 6.43. The Bertz CT molecular complexity index is 1360. The second-order valence-electron chi connectivity index (χ2n) is 7.65. The van der Waals surface area contributed by atoms with Crippen molar-refractivity contribution in [2.24, 2.45) is 0 Å². The van der Waals surface area contributed by atoms with Crippen molar-refractivity contribution < 1.29 is 22.4 Å². The summed E-state index contributed by atoms with van der Waals surface area (Å²) in [6.07, 6.45) is -4.18. The SMILES string of the molecule is Cc1nn(CCCNC(=O)c2cc3nc(-c4ccc(F)cc4)cc(C(F)(F)F)n3n2)c(C)c1Br. The van der Waals surface area contributed by atoms with Gasteiger partial charge in [0.05, 0.1) is 15.9 Å². The van der Waals surface area contributed by atoms with Gasteiger partial charge in [0.25, 0.3) is 5.91 Å². The molecule has 1 amide bonds. The molecule has 178 valence electrons. The van der Waals surface area contributed by atoms with Crippen LogP contribution in [0.15, 0.2) is 40.9 Å². The molecule has 1 N–H and O–H groups in total. The Morgan fingerprint density at radius 3 is 2.44 bits per heavy atom. The minimum absolute atomic E-state index is 0.0114. The van der Waals surface area contributed by atoms with Crippen molar-refractivity contribution in [1.29, 1.82) is 0 Å². The highest BCUT2D eigenvalue weighted by Gasteiger charge is 2.35. The number of rotatable bonds is 6. The molecule has 7 nitrogen and oxygen atoms in total. The molecule has 0 atom stereocenters. The number of nitrogens with zero attached hydrogens (tertiary/aromatic N) is 5. The van der Waals surface area contributed by atoms with Crippen molar-refractivity contribution in [3.8, 4) is 11.3 Å². The van der Waals surface area contributed by atoms with Crippen molar-refractivity contribution in [3.05, 3.63) is 69.5 Å². The van der Waals surface area contributed by atoms with Gasteiger partial charge >= 0.3 is 6.18 Å². The number of hydrogen-bond acceptors (Lipinski definition) is 4. The Morgan fingerprint density at radius 2 is 1.82 bits per heavy atom. The van der Waals surface area contributed by atoms with Crippen LogP contribution in [0.2, 0.25) is 0 Å². The zero-order valence-corrected chi connectivity index (χ0v) is 19.7. The first kappa shape index (κ1) is 23.9. The summed E-state index contributed by atoms with van der Waals surface area (Å²) in [6, 6.07) is 6.94. The van der Waals surface area contributed by atoms with Crippen LogP contribution in [0.4, 0.5) is 17.6 Å². The molecular formula is C22H19BrF4N6O. The maximum Gasteiger partial charge on any atom is 0.433 e. The van der Waals surface area contributed by atoms with Crippen LogP contribution in [0.25, 0.3) is 16.9 Å². The molecule has 4 rings (SSSR count). The molecule has 0 bridgehead atoms. The third-order valence-electron chi connectivity index (χ3n) is 5.22. The van der Waals surface area contributed by atoms with Crippen LogP contribution in [0.1, 0.15) is 34.0 Å². The molecule has 12 heteroatoms. The van der Waals surface area contributed by atoms with Crippen LogP contribution in [0.3, 0.4) is 0 Å². The fourth-order valence-electron chi connectivity index (χ4n) is 3.47. The highest BCUT2D eigenvalue weighted by Crippen LogP contribution is 2.32. The molecule has 3 aromatic heterocycles. The van der Waals surface area contributed by atoms with E-state index in [2.05, 4.69) is 36.4 Å². The monoisotopic (exact) mass is 538 g/mol. The molecule has 3 heterocycles. The van der Waals surface area contributed by atoms with Crippen LogP contribution in [0, 0.1) is 19.7 Å². The first-order chi connectivity index (χ1) is 16.0. The normalized spacial score (nSPS) is 11.9. The molecule has 0 radical (unpaired) electrons. The number of hydrogen-bond donors (Lipinski definition) is 1. The van der Waals surface area contributed by atoms with Crippen molar-refractivity contribution in [1.82, 2.24) is 29.7 Å². The summed E-state index contributed by atoms with van der Waals surface area (Å²) < 4.78 is 57.6. The summed E-state index contributed by atoms with van der Waals surface area (Å²) in [5, 5.41) is 10.9. The quantitative estimate of drug-likeness (QED) is 0.278. The molecule has 0 saturated heterocycles. The third kappa shape index (κ3) is 4.81. The lowest BCUT2D eigenvalue weighted by atomic mass is 10.1. The minimum atomic E-state index is -4.75. The van der Waals surface area contributed by atoms with Gasteiger partial charge < -0.3 is 5.32 Å². The average Bonchev–Trinajstić information content (AvgIpc) is 3.32. The van der Waals surface area contributed by atoms with Crippen LogP contribution < -0.4 is 5.32 Å². The minimum Gasteiger partial charge on any atom is -0.351 e. The van der Waals surface area contributed by atoms with Gasteiger partial charge in [0.1, 0.15) is 5.82 Å². The summed E-state index contributed by atoms with van der Waals surface area (Å²) in [4.78, 5) is 16.7. The summed E-state index contributed by atoms with van der Waals surface area (Å²) >= 11 is 3.46. The zero-order chi connectivity index (χ0) is 24.6. The molecule has 0 aliphatic carbocycles. The van der Waals surface area contributed by atoms with E-state index >= 15 is 0 Å². The van der Waals surface area contributed by atoms with Gasteiger partial charge in [-0.15, -0.1) is 0 Å². The number of benzene rings is 1. The van der Waals surface area contributed by atoms with E-state index in [0.29, 0.717) is 23.0 Å². The molecule has 1 aromatic carbocycles. The van der Waals surface area contributed by atoms with E-state index in [9.17, 15) is 22.4 Å². The number of aromatic nitrogens is 5. The van der Waals surface area contributed by atoms with Crippen LogP contribution in [-0.4, -0.2) is 36.8 Å². The van der Waals surface area contributed by atoms with Gasteiger partial charge in [-0.3, -0.25) is 9.48 Å². The molecule has 0 unspecified atom stereocenters. The predicted molar refractivity (Wildman–Crippen MR) is 120 cm³/mol. The van der Waals surface area contributed by atoms with Crippen molar-refractivity contribution in [2.45, 2.75) is 33.0 Å². The van der Waals surface area contributed by atoms with Crippen LogP contribution in [0.5, 0.6) is 0 Å². The number of amides is 1. The van der Waals surface area contributed by atoms with E-state index < -0.39 is 23.6 Å². The summed E-state index contributed by atoms with van der Waals surface area (Å²) in [7, 11) is 0. The fraction of sp³-hybridized carbons (Fsp3) is 0.273. The Morgan fingerprint density at radius 1 is 1.12 bits per heavy atom.